The molecule has 19 heavy (non-hydrogen) atoms. The van der Waals surface area contributed by atoms with Gasteiger partial charge in [-0.05, 0) is 29.3 Å². The van der Waals surface area contributed by atoms with Gasteiger partial charge in [0, 0.05) is 17.6 Å². The van der Waals surface area contributed by atoms with Crippen molar-refractivity contribution >= 4 is 33.0 Å². The topological polar surface area (TPSA) is 59.8 Å². The van der Waals surface area contributed by atoms with Gasteiger partial charge < -0.3 is 5.32 Å². The Balaban J connectivity index is 2.13. The Hall–Kier alpha value is -1.21. The average molecular weight is 343 g/mol. The van der Waals surface area contributed by atoms with Crippen LogP contribution in [0.4, 0.5) is 5.69 Å². The van der Waals surface area contributed by atoms with E-state index in [4.69, 9.17) is 0 Å². The second kappa shape index (κ2) is 6.29. The molecule has 2 rings (SSSR count). The summed E-state index contributed by atoms with van der Waals surface area (Å²) in [5.74, 6) is 0. The molecule has 7 heteroatoms. The molecule has 0 aliphatic heterocycles. The van der Waals surface area contributed by atoms with Crippen LogP contribution in [0.15, 0.2) is 21.7 Å². The quantitative estimate of drug-likeness (QED) is 0.907. The van der Waals surface area contributed by atoms with Crippen LogP contribution in [0.1, 0.15) is 23.2 Å². The third kappa shape index (κ3) is 3.42. The Morgan fingerprint density at radius 2 is 2.26 bits per heavy atom. The summed E-state index contributed by atoms with van der Waals surface area (Å²) >= 11 is 4.96. The number of nitrogens with zero attached hydrogens (tertiary/aromatic N) is 3. The molecule has 102 valence electrons. The summed E-state index contributed by atoms with van der Waals surface area (Å²) in [5, 5.41) is 8.31. The second-order valence-corrected chi connectivity index (χ2v) is 6.23. The molecule has 0 aliphatic rings. The highest BCUT2D eigenvalue weighted by molar-refractivity contribution is 9.10. The van der Waals surface area contributed by atoms with Crippen molar-refractivity contribution < 1.29 is 0 Å². The zero-order valence-electron chi connectivity index (χ0n) is 10.8. The normalized spacial score (nSPS) is 10.7. The van der Waals surface area contributed by atoms with Crippen molar-refractivity contribution in [3.05, 3.63) is 37.1 Å². The molecule has 0 saturated heterocycles. The molecule has 0 unspecified atom stereocenters. The molecule has 0 spiro atoms. The van der Waals surface area contributed by atoms with E-state index in [1.54, 1.807) is 17.5 Å². The van der Waals surface area contributed by atoms with E-state index in [1.807, 2.05) is 20.0 Å². The maximum Gasteiger partial charge on any atom is 0.283 e. The number of rotatable bonds is 5. The number of nitrogens with one attached hydrogen (secondary N) is 1. The first-order valence-electron chi connectivity index (χ1n) is 6.02. The number of aromatic nitrogens is 3. The van der Waals surface area contributed by atoms with Crippen LogP contribution in [0.5, 0.6) is 0 Å². The van der Waals surface area contributed by atoms with Gasteiger partial charge in [0.15, 0.2) is 0 Å². The summed E-state index contributed by atoms with van der Waals surface area (Å²) in [7, 11) is 0. The molecule has 0 aromatic carbocycles. The Labute approximate surface area is 123 Å². The first-order chi connectivity index (χ1) is 9.11. The van der Waals surface area contributed by atoms with Crippen molar-refractivity contribution in [2.75, 3.05) is 5.32 Å². The number of hydrogen-bond acceptors (Lipinski definition) is 5. The Bertz CT molecular complexity index is 622. The molecular formula is C12H15BrN4OS. The highest BCUT2D eigenvalue weighted by atomic mass is 79.9. The van der Waals surface area contributed by atoms with Gasteiger partial charge in [-0.3, -0.25) is 4.79 Å². The molecule has 0 radical (unpaired) electrons. The lowest BCUT2D eigenvalue weighted by molar-refractivity contribution is 0.566. The van der Waals surface area contributed by atoms with Crippen molar-refractivity contribution in [3.8, 4) is 0 Å². The summed E-state index contributed by atoms with van der Waals surface area (Å²) in [6.07, 6.45) is 4.39. The number of aryl methyl sites for hydroxylation is 2. The van der Waals surface area contributed by atoms with Gasteiger partial charge >= 0.3 is 0 Å². The minimum atomic E-state index is -0.109. The fourth-order valence-electron chi connectivity index (χ4n) is 1.61. The van der Waals surface area contributed by atoms with Crippen molar-refractivity contribution in [2.45, 2.75) is 33.4 Å². The fourth-order valence-corrected chi connectivity index (χ4v) is 2.79. The lowest BCUT2D eigenvalue weighted by Crippen LogP contribution is -2.24. The summed E-state index contributed by atoms with van der Waals surface area (Å²) in [5.41, 5.74) is 0.590. The minimum Gasteiger partial charge on any atom is -0.376 e. The Morgan fingerprint density at radius 3 is 2.89 bits per heavy atom. The van der Waals surface area contributed by atoms with Crippen molar-refractivity contribution in [1.29, 1.82) is 0 Å². The Kier molecular flexibility index (Phi) is 4.71. The van der Waals surface area contributed by atoms with Gasteiger partial charge in [-0.25, -0.2) is 9.67 Å². The molecule has 5 nitrogen and oxygen atoms in total. The maximum absolute atomic E-state index is 12.0. The summed E-state index contributed by atoms with van der Waals surface area (Å²) in [6.45, 7) is 5.25. The van der Waals surface area contributed by atoms with Gasteiger partial charge in [0.05, 0.1) is 18.4 Å². The molecule has 0 saturated carbocycles. The first-order valence-corrected chi connectivity index (χ1v) is 7.63. The number of anilines is 1. The summed E-state index contributed by atoms with van der Waals surface area (Å²) < 4.78 is 1.98. The monoisotopic (exact) mass is 342 g/mol. The van der Waals surface area contributed by atoms with E-state index >= 15 is 0 Å². The molecule has 1 N–H and O–H groups in total. The molecule has 0 atom stereocenters. The third-order valence-corrected chi connectivity index (χ3v) is 4.20. The predicted molar refractivity (Wildman–Crippen MR) is 80.7 cm³/mol. The maximum atomic E-state index is 12.0. The van der Waals surface area contributed by atoms with E-state index in [-0.39, 0.29) is 5.56 Å². The smallest absolute Gasteiger partial charge is 0.283 e. The summed E-state index contributed by atoms with van der Waals surface area (Å²) in [4.78, 5) is 17.4. The van der Waals surface area contributed by atoms with Crippen LogP contribution >= 0.6 is 27.3 Å². The van der Waals surface area contributed by atoms with Gasteiger partial charge in [-0.15, -0.1) is 11.3 Å². The van der Waals surface area contributed by atoms with Crippen LogP contribution in [0.2, 0.25) is 0 Å². The highest BCUT2D eigenvalue weighted by Crippen LogP contribution is 2.18. The molecular weight excluding hydrogens is 328 g/mol. The van der Waals surface area contributed by atoms with Crippen molar-refractivity contribution in [1.82, 2.24) is 14.8 Å². The number of thiazole rings is 1. The Morgan fingerprint density at radius 1 is 1.47 bits per heavy atom. The lowest BCUT2D eigenvalue weighted by Gasteiger charge is -2.08. The van der Waals surface area contributed by atoms with Crippen molar-refractivity contribution in [3.63, 3.8) is 0 Å². The van der Waals surface area contributed by atoms with Gasteiger partial charge in [0.25, 0.3) is 5.56 Å². The van der Waals surface area contributed by atoms with Crippen LogP contribution in [-0.2, 0) is 13.1 Å². The van der Waals surface area contributed by atoms with Crippen LogP contribution in [-0.4, -0.2) is 14.8 Å². The molecule has 0 fully saturated rings. The van der Waals surface area contributed by atoms with Crippen LogP contribution in [0.25, 0.3) is 0 Å². The largest absolute Gasteiger partial charge is 0.376 e. The van der Waals surface area contributed by atoms with E-state index in [9.17, 15) is 4.79 Å². The van der Waals surface area contributed by atoms with Crippen molar-refractivity contribution in [2.24, 2.45) is 0 Å². The molecule has 0 amide bonds. The number of halogens is 1. The van der Waals surface area contributed by atoms with E-state index in [0.29, 0.717) is 23.2 Å². The molecule has 2 heterocycles. The molecule has 0 bridgehead atoms. The molecule has 0 aliphatic carbocycles. The standard InChI is InChI=1S/C12H15BrN4OS/c1-3-4-17-12(18)11(13)9(6-16-17)14-7-10-15-5-8(2)19-10/h5-6,14H,3-4,7H2,1-2H3. The van der Waals surface area contributed by atoms with E-state index in [2.05, 4.69) is 31.3 Å². The molecule has 2 aromatic heterocycles. The average Bonchev–Trinajstić information content (AvgIpc) is 2.80. The van der Waals surface area contributed by atoms with Gasteiger partial charge in [-0.2, -0.15) is 5.10 Å². The summed E-state index contributed by atoms with van der Waals surface area (Å²) in [6, 6.07) is 0. The van der Waals surface area contributed by atoms with Gasteiger partial charge in [0.2, 0.25) is 0 Å². The predicted octanol–water partition coefficient (Wildman–Crippen LogP) is 2.79. The highest BCUT2D eigenvalue weighted by Gasteiger charge is 2.08. The van der Waals surface area contributed by atoms with Gasteiger partial charge in [-0.1, -0.05) is 6.92 Å². The second-order valence-electron chi connectivity index (χ2n) is 4.12. The van der Waals surface area contributed by atoms with Crippen LogP contribution < -0.4 is 10.9 Å². The third-order valence-electron chi connectivity index (χ3n) is 2.52. The fraction of sp³-hybridized carbons (Fsp3) is 0.417. The SMILES string of the molecule is CCCn1ncc(NCc2ncc(C)s2)c(Br)c1=O. The minimum absolute atomic E-state index is 0.109. The lowest BCUT2D eigenvalue weighted by atomic mass is 10.4. The number of hydrogen-bond donors (Lipinski definition) is 1. The van der Waals surface area contributed by atoms with Crippen LogP contribution in [0, 0.1) is 6.92 Å². The van der Waals surface area contributed by atoms with Crippen LogP contribution in [0.3, 0.4) is 0 Å². The van der Waals surface area contributed by atoms with E-state index < -0.39 is 0 Å². The first kappa shape index (κ1) is 14.2. The zero-order chi connectivity index (χ0) is 13.8. The van der Waals surface area contributed by atoms with E-state index in [1.165, 1.54) is 9.56 Å². The zero-order valence-corrected chi connectivity index (χ0v) is 13.2. The van der Waals surface area contributed by atoms with E-state index in [0.717, 1.165) is 11.4 Å². The molecule has 2 aromatic rings. The van der Waals surface area contributed by atoms with Gasteiger partial charge in [0.1, 0.15) is 9.48 Å².